The molecule has 2 aliphatic rings. The van der Waals surface area contributed by atoms with Crippen LogP contribution in [0.25, 0.3) is 0 Å². The van der Waals surface area contributed by atoms with Crippen LogP contribution in [-0.4, -0.2) is 138 Å². The number of carbonyl (C=O) groups is 2. The predicted molar refractivity (Wildman–Crippen MR) is 225 cm³/mol. The van der Waals surface area contributed by atoms with Crippen LogP contribution in [0.15, 0.2) is 12.2 Å². The summed E-state index contributed by atoms with van der Waals surface area (Å²) < 4.78 is 85.0. The van der Waals surface area contributed by atoms with Crippen molar-refractivity contribution in [1.29, 1.82) is 0 Å². The van der Waals surface area contributed by atoms with Gasteiger partial charge < -0.3 is 52.9 Å². The molecule has 0 amide bonds. The van der Waals surface area contributed by atoms with Crippen LogP contribution >= 0.6 is 7.82 Å². The van der Waals surface area contributed by atoms with E-state index in [2.05, 4.69) is 8.71 Å². The van der Waals surface area contributed by atoms with Crippen LogP contribution in [0.1, 0.15) is 135 Å². The van der Waals surface area contributed by atoms with Gasteiger partial charge in [-0.1, -0.05) is 83.1 Å². The molecule has 0 aromatic heterocycles. The summed E-state index contributed by atoms with van der Waals surface area (Å²) in [6, 6.07) is -0.611. The van der Waals surface area contributed by atoms with Gasteiger partial charge in [-0.3, -0.25) is 13.9 Å². The number of phosphoric ester groups is 1. The van der Waals surface area contributed by atoms with E-state index in [0.717, 1.165) is 70.6 Å². The first kappa shape index (κ1) is 55.6. The Morgan fingerprint density at radius 2 is 1.51 bits per heavy atom. The zero-order valence-electron chi connectivity index (χ0n) is 37.1. The van der Waals surface area contributed by atoms with E-state index in [9.17, 15) is 32.6 Å². The molecule has 358 valence electrons. The van der Waals surface area contributed by atoms with Crippen LogP contribution in [-0.2, 0) is 61.5 Å². The number of aliphatic hydroxyl groups is 1. The van der Waals surface area contributed by atoms with E-state index in [1.165, 1.54) is 57.9 Å². The lowest BCUT2D eigenvalue weighted by Crippen LogP contribution is -2.43. The van der Waals surface area contributed by atoms with Crippen LogP contribution < -0.4 is 10.6 Å². The van der Waals surface area contributed by atoms with Crippen LogP contribution in [0.3, 0.4) is 0 Å². The van der Waals surface area contributed by atoms with Gasteiger partial charge >= 0.3 is 22.3 Å². The van der Waals surface area contributed by atoms with E-state index < -0.39 is 55.3 Å². The number of unbranched alkanes of at least 4 members (excludes halogenated alkanes) is 14. The van der Waals surface area contributed by atoms with Crippen molar-refractivity contribution in [2.75, 3.05) is 67.3 Å². The smallest absolute Gasteiger partial charge is 0.397 e. The van der Waals surface area contributed by atoms with Crippen molar-refractivity contribution in [3.63, 3.8) is 0 Å². The third kappa shape index (κ3) is 28.1. The van der Waals surface area contributed by atoms with Gasteiger partial charge in [0.25, 0.3) is 7.82 Å². The fourth-order valence-corrected chi connectivity index (χ4v) is 8.24. The van der Waals surface area contributed by atoms with Crippen molar-refractivity contribution >= 4 is 30.2 Å². The van der Waals surface area contributed by atoms with Crippen LogP contribution in [0.2, 0.25) is 0 Å². The van der Waals surface area contributed by atoms with E-state index >= 15 is 0 Å². The van der Waals surface area contributed by atoms with Gasteiger partial charge in [0.05, 0.1) is 53.1 Å². The van der Waals surface area contributed by atoms with Crippen molar-refractivity contribution < 1.29 is 78.5 Å². The lowest BCUT2D eigenvalue weighted by molar-refractivity contribution is -0.870. The third-order valence-electron chi connectivity index (χ3n) is 10.4. The number of aliphatic hydroxyl groups excluding tert-OH is 1. The van der Waals surface area contributed by atoms with Crippen molar-refractivity contribution in [2.45, 2.75) is 172 Å². The Morgan fingerprint density at radius 1 is 0.885 bits per heavy atom. The molecule has 0 aliphatic carbocycles. The summed E-state index contributed by atoms with van der Waals surface area (Å²) in [7, 11) is -3.39. The fraction of sp³-hybridized carbons (Fsp3) is 0.902. The topological polar surface area (TPSA) is 249 Å². The number of nitrogens with two attached hydrogens (primary N) is 1. The maximum Gasteiger partial charge on any atom is 0.397 e. The summed E-state index contributed by atoms with van der Waals surface area (Å²) in [5.74, 6) is -1.59. The largest absolute Gasteiger partial charge is 0.756 e. The SMILES string of the molecule is CC(=O)O[C@@H]1CC[C@]2(CCCCCCCCCCCCCCOC[C@@H](N)COS(=O)(=O)O)O[C@H]1[C@@H](CCCCC/C=C/C(=O)OC[C@@H](O)COP(=O)([O-])OCC[N+](C)(C)C)O2. The first-order valence-electron chi connectivity index (χ1n) is 22.2. The summed E-state index contributed by atoms with van der Waals surface area (Å²) >= 11 is 0. The molecule has 2 rings (SSSR count). The van der Waals surface area contributed by atoms with Crippen molar-refractivity contribution in [1.82, 2.24) is 0 Å². The summed E-state index contributed by atoms with van der Waals surface area (Å²) in [5.41, 5.74) is 5.69. The highest BCUT2D eigenvalue weighted by Crippen LogP contribution is 2.45. The molecule has 2 bridgehead atoms. The second kappa shape index (κ2) is 29.8. The Kier molecular flexibility index (Phi) is 27.1. The second-order valence-electron chi connectivity index (χ2n) is 17.3. The summed E-state index contributed by atoms with van der Waals surface area (Å²) in [6.07, 6.45) is 21.0. The number of hydrogen-bond donors (Lipinski definition) is 3. The number of nitrogens with zero attached hydrogens (tertiary/aromatic N) is 1. The van der Waals surface area contributed by atoms with E-state index in [4.69, 9.17) is 38.5 Å². The number of rotatable bonds is 37. The molecular formula is C41H77N2O16PS. The summed E-state index contributed by atoms with van der Waals surface area (Å²) in [6.45, 7) is 1.23. The van der Waals surface area contributed by atoms with Gasteiger partial charge in [-0.25, -0.2) is 8.98 Å². The molecule has 1 unspecified atom stereocenters. The molecule has 0 radical (unpaired) electrons. The van der Waals surface area contributed by atoms with Gasteiger partial charge in [-0.15, -0.1) is 0 Å². The van der Waals surface area contributed by atoms with Crippen molar-refractivity contribution in [3.8, 4) is 0 Å². The van der Waals surface area contributed by atoms with E-state index in [0.29, 0.717) is 30.5 Å². The number of esters is 2. The number of carbonyl (C=O) groups excluding carboxylic acids is 2. The van der Waals surface area contributed by atoms with Crippen LogP contribution in [0, 0.1) is 0 Å². The molecule has 2 heterocycles. The minimum atomic E-state index is -4.58. The highest BCUT2D eigenvalue weighted by atomic mass is 32.3. The summed E-state index contributed by atoms with van der Waals surface area (Å²) in [5, 5.41) is 9.96. The van der Waals surface area contributed by atoms with Gasteiger partial charge in [0.1, 0.15) is 38.1 Å². The molecule has 7 atom stereocenters. The van der Waals surface area contributed by atoms with Crippen LogP contribution in [0.5, 0.6) is 0 Å². The summed E-state index contributed by atoms with van der Waals surface area (Å²) in [4.78, 5) is 35.7. The van der Waals surface area contributed by atoms with Gasteiger partial charge in [0.2, 0.25) is 0 Å². The zero-order valence-corrected chi connectivity index (χ0v) is 38.8. The molecule has 61 heavy (non-hydrogen) atoms. The Labute approximate surface area is 364 Å². The van der Waals surface area contributed by atoms with E-state index in [1.54, 1.807) is 6.08 Å². The first-order chi connectivity index (χ1) is 28.8. The maximum atomic E-state index is 12.1. The molecule has 0 saturated carbocycles. The number of phosphoric acid groups is 1. The molecule has 0 spiro atoms. The Balaban J connectivity index is 1.53. The minimum Gasteiger partial charge on any atom is -0.756 e. The minimum absolute atomic E-state index is 0.0551. The lowest BCUT2D eigenvalue weighted by atomic mass is 9.94. The molecule has 0 aromatic rings. The Bertz CT molecular complexity index is 1420. The molecule has 18 nitrogen and oxygen atoms in total. The number of likely N-dealkylation sites (N-methyl/N-ethyl adjacent to an activating group) is 1. The van der Waals surface area contributed by atoms with E-state index in [-0.39, 0.29) is 44.1 Å². The fourth-order valence-electron chi connectivity index (χ4n) is 7.16. The number of fused-ring (bicyclic) bond motifs is 2. The lowest BCUT2D eigenvalue weighted by Gasteiger charge is -2.35. The average Bonchev–Trinajstić information content (AvgIpc) is 3.47. The molecule has 2 fully saturated rings. The maximum absolute atomic E-state index is 12.1. The molecule has 20 heteroatoms. The van der Waals surface area contributed by atoms with Gasteiger partial charge in [0.15, 0.2) is 5.79 Å². The Morgan fingerprint density at radius 3 is 2.13 bits per heavy atom. The number of allylic oxidation sites excluding steroid dienone is 1. The number of hydrogen-bond acceptors (Lipinski definition) is 16. The van der Waals surface area contributed by atoms with Crippen molar-refractivity contribution in [2.24, 2.45) is 5.73 Å². The highest BCUT2D eigenvalue weighted by molar-refractivity contribution is 7.80. The van der Waals surface area contributed by atoms with Crippen molar-refractivity contribution in [3.05, 3.63) is 12.2 Å². The van der Waals surface area contributed by atoms with Gasteiger partial charge in [0, 0.05) is 32.4 Å². The number of quaternary nitrogens is 1. The molecule has 4 N–H and O–H groups in total. The van der Waals surface area contributed by atoms with Gasteiger partial charge in [-0.05, 0) is 38.5 Å². The Hall–Kier alpha value is -1.58. The average molecular weight is 917 g/mol. The quantitative estimate of drug-likeness (QED) is 0.0184. The molecular weight excluding hydrogens is 839 g/mol. The predicted octanol–water partition coefficient (Wildman–Crippen LogP) is 5.05. The second-order valence-corrected chi connectivity index (χ2v) is 19.8. The van der Waals surface area contributed by atoms with Gasteiger partial charge in [-0.2, -0.15) is 8.42 Å². The molecule has 2 aliphatic heterocycles. The third-order valence-corrected chi connectivity index (χ3v) is 11.8. The van der Waals surface area contributed by atoms with Crippen LogP contribution in [0.4, 0.5) is 0 Å². The molecule has 0 aromatic carbocycles. The monoisotopic (exact) mass is 916 g/mol. The van der Waals surface area contributed by atoms with E-state index in [1.807, 2.05) is 21.1 Å². The highest BCUT2D eigenvalue weighted by Gasteiger charge is 2.54. The first-order valence-corrected chi connectivity index (χ1v) is 25.0. The zero-order chi connectivity index (χ0) is 45.2. The standard InChI is InChI=1S/C41H77N2O16PS/c1-34(44)57-37-24-26-41(25-20-16-11-9-7-5-6-8-10-12-17-21-28-52-30-35(42)31-56-61(49,50)51)58-38(40(37)59-41)22-18-14-13-15-19-23-39(46)53-32-36(45)33-55-60(47,48)54-29-27-43(2,3)4/h19,23,35-38,40,45H,5-18,20-22,24-33,42H2,1-4H3,(H-,47,48,49,50,51)/b23-19+/t35-,36-,37-,38-,40-,41+/m1/s1. The molecule has 2 saturated heterocycles. The normalized spacial score (nSPS) is 22.6. The number of ether oxygens (including phenoxy) is 5.